The summed E-state index contributed by atoms with van der Waals surface area (Å²) >= 11 is 4.63. The molecule has 0 spiro atoms. The fourth-order valence-corrected chi connectivity index (χ4v) is 6.36. The van der Waals surface area contributed by atoms with Crippen molar-refractivity contribution in [1.82, 2.24) is 19.9 Å². The number of aryl methyl sites for hydroxylation is 1. The van der Waals surface area contributed by atoms with Crippen LogP contribution in [0.4, 0.5) is 5.69 Å². The predicted octanol–water partition coefficient (Wildman–Crippen LogP) is 5.02. The van der Waals surface area contributed by atoms with Crippen molar-refractivity contribution in [2.24, 2.45) is 0 Å². The van der Waals surface area contributed by atoms with E-state index in [2.05, 4.69) is 20.3 Å². The third kappa shape index (κ3) is 5.39. The molecule has 0 bridgehead atoms. The molecule has 0 radical (unpaired) electrons. The number of hydrogen-bond donors (Lipinski definition) is 1. The Morgan fingerprint density at radius 1 is 1.21 bits per heavy atom. The van der Waals surface area contributed by atoms with E-state index >= 15 is 0 Å². The molecule has 0 saturated carbocycles. The number of nitrogens with zero attached hydrogens (tertiary/aromatic N) is 4. The fourth-order valence-electron chi connectivity index (χ4n) is 3.30. The van der Waals surface area contributed by atoms with Crippen LogP contribution in [0, 0.1) is 6.92 Å². The lowest BCUT2D eigenvalue weighted by Gasteiger charge is -2.22. The average molecular weight is 500 g/mol. The molecule has 1 fully saturated rings. The number of carbonyl (C=O) groups excluding carboxylic acids is 1. The average Bonchev–Trinajstić information content (AvgIpc) is 3.43. The lowest BCUT2D eigenvalue weighted by molar-refractivity contribution is -0.178. The van der Waals surface area contributed by atoms with Gasteiger partial charge in [-0.05, 0) is 31.5 Å². The minimum absolute atomic E-state index is 0.105. The molecule has 1 saturated heterocycles. The van der Waals surface area contributed by atoms with Crippen molar-refractivity contribution in [3.05, 3.63) is 47.4 Å². The van der Waals surface area contributed by atoms with E-state index < -0.39 is 0 Å². The number of fused-ring (bicyclic) bond motifs is 1. The Labute approximate surface area is 202 Å². The van der Waals surface area contributed by atoms with Gasteiger partial charge in [0.25, 0.3) is 5.91 Å². The molecule has 1 aliphatic heterocycles. The van der Waals surface area contributed by atoms with Gasteiger partial charge in [0.05, 0.1) is 35.3 Å². The van der Waals surface area contributed by atoms with Gasteiger partial charge in [0.1, 0.15) is 15.6 Å². The number of aromatic nitrogens is 4. The molecule has 1 aromatic carbocycles. The number of amides is 1. The zero-order chi connectivity index (χ0) is 22.6. The summed E-state index contributed by atoms with van der Waals surface area (Å²) in [6.45, 7) is 3.37. The van der Waals surface area contributed by atoms with Crippen molar-refractivity contribution in [3.63, 3.8) is 0 Å². The molecule has 33 heavy (non-hydrogen) atoms. The standard InChI is InChI=1S/C22H21N5O3S3/c1-13-19(33-21(25-13)16-12-23-6-7-24-16)20(28)26-14-3-4-15-17(11-14)32-22(27-15)31-10-5-18-29-8-2-9-30-18/h3-4,6-7,11-12,18H,2,5,8-10H2,1H3,(H,26,28). The maximum Gasteiger partial charge on any atom is 0.267 e. The molecule has 11 heteroatoms. The van der Waals surface area contributed by atoms with Crippen LogP contribution in [0.15, 0.2) is 41.1 Å². The number of carbonyl (C=O) groups is 1. The van der Waals surface area contributed by atoms with Gasteiger partial charge < -0.3 is 14.8 Å². The Bertz CT molecular complexity index is 1250. The number of rotatable bonds is 7. The van der Waals surface area contributed by atoms with Crippen LogP contribution in [-0.2, 0) is 9.47 Å². The molecule has 3 aromatic heterocycles. The van der Waals surface area contributed by atoms with Crippen LogP contribution in [0.25, 0.3) is 20.9 Å². The molecule has 8 nitrogen and oxygen atoms in total. The zero-order valence-corrected chi connectivity index (χ0v) is 20.3. The topological polar surface area (TPSA) is 99.1 Å². The fraction of sp³-hybridized carbons (Fsp3) is 0.318. The Balaban J connectivity index is 1.24. The highest BCUT2D eigenvalue weighted by molar-refractivity contribution is 8.01. The third-order valence-corrected chi connectivity index (χ3v) is 8.26. The van der Waals surface area contributed by atoms with Gasteiger partial charge in [-0.1, -0.05) is 11.8 Å². The summed E-state index contributed by atoms with van der Waals surface area (Å²) in [5, 5.41) is 3.66. The number of thioether (sulfide) groups is 1. The summed E-state index contributed by atoms with van der Waals surface area (Å²) in [6.07, 6.45) is 6.56. The predicted molar refractivity (Wildman–Crippen MR) is 131 cm³/mol. The van der Waals surface area contributed by atoms with E-state index in [9.17, 15) is 4.79 Å². The molecule has 4 aromatic rings. The number of benzene rings is 1. The number of ether oxygens (including phenoxy) is 2. The SMILES string of the molecule is Cc1nc(-c2cnccn2)sc1C(=O)Nc1ccc2nc(SCCC3OCCCO3)sc2c1. The van der Waals surface area contributed by atoms with Gasteiger partial charge in [0.2, 0.25) is 0 Å². The monoisotopic (exact) mass is 499 g/mol. The summed E-state index contributed by atoms with van der Waals surface area (Å²) in [4.78, 5) is 31.0. The van der Waals surface area contributed by atoms with E-state index in [1.54, 1.807) is 41.7 Å². The summed E-state index contributed by atoms with van der Waals surface area (Å²) in [7, 11) is 0. The quantitative estimate of drug-likeness (QED) is 0.354. The third-order valence-electron chi connectivity index (χ3n) is 4.89. The van der Waals surface area contributed by atoms with E-state index in [1.165, 1.54) is 11.3 Å². The Morgan fingerprint density at radius 3 is 2.91 bits per heavy atom. The van der Waals surface area contributed by atoms with Gasteiger partial charge in [-0.3, -0.25) is 14.8 Å². The first kappa shape index (κ1) is 22.4. The molecule has 0 atom stereocenters. The first-order valence-corrected chi connectivity index (χ1v) is 13.1. The second-order valence-corrected chi connectivity index (χ2v) is 10.7. The van der Waals surface area contributed by atoms with Gasteiger partial charge in [0.15, 0.2) is 10.6 Å². The Hall–Kier alpha value is -2.44. The molecule has 4 heterocycles. The van der Waals surface area contributed by atoms with Crippen LogP contribution >= 0.6 is 34.4 Å². The van der Waals surface area contributed by atoms with Crippen molar-refractivity contribution in [2.75, 3.05) is 24.3 Å². The van der Waals surface area contributed by atoms with Crippen molar-refractivity contribution in [3.8, 4) is 10.7 Å². The Kier molecular flexibility index (Phi) is 6.93. The van der Waals surface area contributed by atoms with Gasteiger partial charge >= 0.3 is 0 Å². The number of hydrogen-bond acceptors (Lipinski definition) is 10. The smallest absolute Gasteiger partial charge is 0.267 e. The molecule has 170 valence electrons. The summed E-state index contributed by atoms with van der Waals surface area (Å²) in [6, 6.07) is 5.77. The van der Waals surface area contributed by atoms with Gasteiger partial charge in [-0.15, -0.1) is 22.7 Å². The zero-order valence-electron chi connectivity index (χ0n) is 17.8. The minimum atomic E-state index is -0.189. The molecule has 1 N–H and O–H groups in total. The van der Waals surface area contributed by atoms with Gasteiger partial charge in [-0.2, -0.15) is 0 Å². The van der Waals surface area contributed by atoms with Crippen molar-refractivity contribution in [1.29, 1.82) is 0 Å². The van der Waals surface area contributed by atoms with Crippen LogP contribution in [0.3, 0.4) is 0 Å². The van der Waals surface area contributed by atoms with Crippen molar-refractivity contribution >= 4 is 56.2 Å². The summed E-state index contributed by atoms with van der Waals surface area (Å²) < 4.78 is 13.2. The normalized spacial score (nSPS) is 14.6. The van der Waals surface area contributed by atoms with Crippen molar-refractivity contribution < 1.29 is 14.3 Å². The van der Waals surface area contributed by atoms with E-state index in [0.717, 1.165) is 52.1 Å². The lowest BCUT2D eigenvalue weighted by Crippen LogP contribution is -2.25. The largest absolute Gasteiger partial charge is 0.353 e. The molecule has 1 aliphatic rings. The van der Waals surface area contributed by atoms with Crippen LogP contribution in [0.2, 0.25) is 0 Å². The van der Waals surface area contributed by atoms with Crippen LogP contribution in [0.5, 0.6) is 0 Å². The maximum absolute atomic E-state index is 12.9. The molecule has 1 amide bonds. The number of anilines is 1. The molecule has 0 unspecified atom stereocenters. The molecular weight excluding hydrogens is 478 g/mol. The number of thiazole rings is 2. The van der Waals surface area contributed by atoms with Crippen LogP contribution in [-0.4, -0.2) is 51.1 Å². The maximum atomic E-state index is 12.9. The molecule has 0 aliphatic carbocycles. The lowest BCUT2D eigenvalue weighted by atomic mass is 10.3. The molecule has 5 rings (SSSR count). The summed E-state index contributed by atoms with van der Waals surface area (Å²) in [5.74, 6) is 0.693. The van der Waals surface area contributed by atoms with Crippen LogP contribution < -0.4 is 5.32 Å². The molecular formula is C22H21N5O3S3. The first-order valence-electron chi connectivity index (χ1n) is 10.5. The number of nitrogens with one attached hydrogen (secondary N) is 1. The van der Waals surface area contributed by atoms with E-state index in [0.29, 0.717) is 21.3 Å². The highest BCUT2D eigenvalue weighted by atomic mass is 32.2. The Morgan fingerprint density at radius 2 is 2.09 bits per heavy atom. The van der Waals surface area contributed by atoms with E-state index in [4.69, 9.17) is 14.5 Å². The van der Waals surface area contributed by atoms with Gasteiger partial charge in [-0.25, -0.2) is 9.97 Å². The highest BCUT2D eigenvalue weighted by Gasteiger charge is 2.18. The van der Waals surface area contributed by atoms with Gasteiger partial charge in [0, 0.05) is 30.3 Å². The highest BCUT2D eigenvalue weighted by Crippen LogP contribution is 2.33. The van der Waals surface area contributed by atoms with E-state index in [-0.39, 0.29) is 12.2 Å². The summed E-state index contributed by atoms with van der Waals surface area (Å²) in [5.41, 5.74) is 2.97. The first-order chi connectivity index (χ1) is 16.2. The minimum Gasteiger partial charge on any atom is -0.353 e. The second kappa shape index (κ2) is 10.2. The van der Waals surface area contributed by atoms with E-state index in [1.807, 2.05) is 25.1 Å². The van der Waals surface area contributed by atoms with Crippen molar-refractivity contribution in [2.45, 2.75) is 30.4 Å². The second-order valence-electron chi connectivity index (χ2n) is 7.30. The van der Waals surface area contributed by atoms with Crippen LogP contribution in [0.1, 0.15) is 28.2 Å².